The number of carboxylic acid groups (broad SMARTS) is 1. The number of rotatable bonds is 4. The molecular formula is C19H14N4O4S. The van der Waals surface area contributed by atoms with E-state index >= 15 is 0 Å². The van der Waals surface area contributed by atoms with Gasteiger partial charge in [0.05, 0.1) is 11.1 Å². The maximum absolute atomic E-state index is 12.3. The van der Waals surface area contributed by atoms with Gasteiger partial charge >= 0.3 is 5.97 Å². The molecule has 9 heteroatoms. The molecule has 140 valence electrons. The van der Waals surface area contributed by atoms with Crippen molar-refractivity contribution in [3.05, 3.63) is 53.3 Å². The highest BCUT2D eigenvalue weighted by Gasteiger charge is 2.35. The van der Waals surface area contributed by atoms with Crippen molar-refractivity contribution < 1.29 is 19.1 Å². The lowest BCUT2D eigenvalue weighted by atomic mass is 10.1. The molecule has 0 saturated carbocycles. The average molecular weight is 394 g/mol. The number of benzene rings is 1. The molecular weight excluding hydrogens is 380 g/mol. The standard InChI is InChI=1S/C19H14N4O4S/c1-2-15-22-23-16(20)13(17(24)21-19(23)28-15)9-12-7-8-14(27-12)10-3-5-11(6-4-10)18(25)26/h3-9,20H,2H2,1H3,(H,25,26)/b13-9-,20-16?. The van der Waals surface area contributed by atoms with E-state index in [1.54, 1.807) is 24.3 Å². The van der Waals surface area contributed by atoms with Crippen molar-refractivity contribution in [2.45, 2.75) is 13.3 Å². The summed E-state index contributed by atoms with van der Waals surface area (Å²) in [6.07, 6.45) is 2.16. The van der Waals surface area contributed by atoms with Crippen molar-refractivity contribution in [1.29, 1.82) is 5.41 Å². The van der Waals surface area contributed by atoms with Crippen LogP contribution in [-0.4, -0.2) is 38.0 Å². The van der Waals surface area contributed by atoms with E-state index in [1.165, 1.54) is 35.0 Å². The number of hydrogen-bond donors (Lipinski definition) is 2. The Hall–Kier alpha value is -3.46. The van der Waals surface area contributed by atoms with Crippen molar-refractivity contribution >= 4 is 45.8 Å². The van der Waals surface area contributed by atoms with Crippen LogP contribution in [0.3, 0.4) is 0 Å². The summed E-state index contributed by atoms with van der Waals surface area (Å²) in [5.74, 6) is -0.657. The molecule has 3 heterocycles. The number of hydrazone groups is 1. The number of aromatic carboxylic acids is 1. The average Bonchev–Trinajstić information content (AvgIpc) is 3.32. The molecule has 28 heavy (non-hydrogen) atoms. The second kappa shape index (κ2) is 6.93. The summed E-state index contributed by atoms with van der Waals surface area (Å²) in [5.41, 5.74) is 0.976. The van der Waals surface area contributed by atoms with Gasteiger partial charge in [-0.1, -0.05) is 19.1 Å². The van der Waals surface area contributed by atoms with Gasteiger partial charge in [0.1, 0.15) is 16.6 Å². The van der Waals surface area contributed by atoms with Gasteiger partial charge in [-0.3, -0.25) is 10.2 Å². The quantitative estimate of drug-likeness (QED) is 0.764. The Morgan fingerprint density at radius 3 is 2.71 bits per heavy atom. The number of fused-ring (bicyclic) bond motifs is 1. The molecule has 0 unspecified atom stereocenters. The van der Waals surface area contributed by atoms with Crippen LogP contribution in [0.1, 0.15) is 29.5 Å². The third-order valence-corrected chi connectivity index (χ3v) is 5.18. The molecule has 0 saturated heterocycles. The van der Waals surface area contributed by atoms with Crippen LogP contribution in [0, 0.1) is 5.41 Å². The molecule has 2 N–H and O–H groups in total. The van der Waals surface area contributed by atoms with Gasteiger partial charge in [-0.25, -0.2) is 4.79 Å². The first-order chi connectivity index (χ1) is 13.5. The number of amides is 1. The van der Waals surface area contributed by atoms with Gasteiger partial charge in [0.15, 0.2) is 5.84 Å². The number of aliphatic imine (C=N–C) groups is 1. The summed E-state index contributed by atoms with van der Waals surface area (Å²) in [6, 6.07) is 9.66. The maximum Gasteiger partial charge on any atom is 0.335 e. The summed E-state index contributed by atoms with van der Waals surface area (Å²) < 4.78 is 5.74. The summed E-state index contributed by atoms with van der Waals surface area (Å²) in [7, 11) is 0. The topological polar surface area (TPSA) is 119 Å². The SMILES string of the molecule is CCC1=NN2C(=N)/C(=C/c3ccc(-c4ccc(C(=O)O)cc4)o3)C(=O)N=C2S1. The summed E-state index contributed by atoms with van der Waals surface area (Å²) >= 11 is 1.29. The van der Waals surface area contributed by atoms with E-state index < -0.39 is 11.9 Å². The molecule has 2 aliphatic heterocycles. The third-order valence-electron chi connectivity index (χ3n) is 4.13. The lowest BCUT2D eigenvalue weighted by Gasteiger charge is -2.19. The summed E-state index contributed by atoms with van der Waals surface area (Å²) in [5, 5.41) is 24.1. The molecule has 8 nitrogen and oxygen atoms in total. The molecule has 0 atom stereocenters. The van der Waals surface area contributed by atoms with Crippen LogP contribution >= 0.6 is 11.8 Å². The minimum atomic E-state index is -1.00. The zero-order valence-corrected chi connectivity index (χ0v) is 15.5. The number of amidine groups is 2. The van der Waals surface area contributed by atoms with E-state index in [0.717, 1.165) is 5.04 Å². The minimum absolute atomic E-state index is 0.0466. The van der Waals surface area contributed by atoms with Crippen LogP contribution in [-0.2, 0) is 4.79 Å². The van der Waals surface area contributed by atoms with Gasteiger partial charge < -0.3 is 9.52 Å². The van der Waals surface area contributed by atoms with Crippen molar-refractivity contribution in [1.82, 2.24) is 5.01 Å². The van der Waals surface area contributed by atoms with Crippen molar-refractivity contribution in [2.24, 2.45) is 10.1 Å². The second-order valence-corrected chi connectivity index (χ2v) is 6.99. The number of carbonyl (C=O) groups is 2. The fourth-order valence-corrected chi connectivity index (χ4v) is 3.50. The number of furan rings is 1. The van der Waals surface area contributed by atoms with E-state index in [4.69, 9.17) is 14.9 Å². The first kappa shape index (κ1) is 17.9. The number of carboxylic acids is 1. The van der Waals surface area contributed by atoms with Crippen LogP contribution in [0.25, 0.3) is 17.4 Å². The molecule has 2 aromatic rings. The van der Waals surface area contributed by atoms with E-state index in [2.05, 4.69) is 10.1 Å². The largest absolute Gasteiger partial charge is 0.478 e. The van der Waals surface area contributed by atoms with Crippen LogP contribution in [0.2, 0.25) is 0 Å². The third kappa shape index (κ3) is 3.16. The molecule has 0 bridgehead atoms. The molecule has 0 aliphatic carbocycles. The second-order valence-electron chi connectivity index (χ2n) is 5.95. The van der Waals surface area contributed by atoms with E-state index in [1.807, 2.05) is 6.92 Å². The first-order valence-corrected chi connectivity index (χ1v) is 9.20. The monoisotopic (exact) mass is 394 g/mol. The fourth-order valence-electron chi connectivity index (χ4n) is 2.68. The zero-order valence-electron chi connectivity index (χ0n) is 14.7. The predicted octanol–water partition coefficient (Wildman–Crippen LogP) is 3.67. The summed E-state index contributed by atoms with van der Waals surface area (Å²) in [4.78, 5) is 27.3. The number of nitrogens with one attached hydrogen (secondary N) is 1. The Morgan fingerprint density at radius 1 is 1.29 bits per heavy atom. The predicted molar refractivity (Wildman–Crippen MR) is 106 cm³/mol. The first-order valence-electron chi connectivity index (χ1n) is 8.39. The van der Waals surface area contributed by atoms with Gasteiger partial charge in [-0.15, -0.1) is 0 Å². The van der Waals surface area contributed by atoms with Crippen LogP contribution in [0.15, 0.2) is 56.5 Å². The van der Waals surface area contributed by atoms with Crippen LogP contribution < -0.4 is 0 Å². The molecule has 1 aromatic carbocycles. The van der Waals surface area contributed by atoms with Crippen LogP contribution in [0.4, 0.5) is 0 Å². The highest BCUT2D eigenvalue weighted by Crippen LogP contribution is 2.30. The van der Waals surface area contributed by atoms with Gasteiger partial charge in [0.2, 0.25) is 5.17 Å². The van der Waals surface area contributed by atoms with E-state index in [0.29, 0.717) is 28.7 Å². The number of thioether (sulfide) groups is 1. The molecule has 1 amide bonds. The van der Waals surface area contributed by atoms with Gasteiger partial charge in [0, 0.05) is 5.56 Å². The van der Waals surface area contributed by atoms with E-state index in [9.17, 15) is 9.59 Å². The highest BCUT2D eigenvalue weighted by molar-refractivity contribution is 8.26. The smallest absolute Gasteiger partial charge is 0.335 e. The number of nitrogens with zero attached hydrogens (tertiary/aromatic N) is 3. The van der Waals surface area contributed by atoms with Gasteiger partial charge in [-0.2, -0.15) is 15.1 Å². The molecule has 0 spiro atoms. The Kier molecular flexibility index (Phi) is 4.44. The lowest BCUT2D eigenvalue weighted by molar-refractivity contribution is -0.114. The molecule has 0 radical (unpaired) electrons. The Labute approximate surface area is 163 Å². The van der Waals surface area contributed by atoms with Crippen LogP contribution in [0.5, 0.6) is 0 Å². The van der Waals surface area contributed by atoms with Gasteiger partial charge in [-0.05, 0) is 48.5 Å². The highest BCUT2D eigenvalue weighted by atomic mass is 32.2. The normalized spacial score (nSPS) is 17.6. The number of hydrogen-bond acceptors (Lipinski definition) is 6. The molecule has 0 fully saturated rings. The molecule has 4 rings (SSSR count). The minimum Gasteiger partial charge on any atom is -0.478 e. The fraction of sp³-hybridized carbons (Fsp3) is 0.105. The van der Waals surface area contributed by atoms with Crippen molar-refractivity contribution in [3.63, 3.8) is 0 Å². The van der Waals surface area contributed by atoms with E-state index in [-0.39, 0.29) is 17.0 Å². The maximum atomic E-state index is 12.3. The lowest BCUT2D eigenvalue weighted by Crippen LogP contribution is -2.35. The Balaban J connectivity index is 1.62. The Bertz CT molecular complexity index is 1100. The van der Waals surface area contributed by atoms with Gasteiger partial charge in [0.25, 0.3) is 5.91 Å². The zero-order chi connectivity index (χ0) is 19.8. The van der Waals surface area contributed by atoms with Crippen molar-refractivity contribution in [2.75, 3.05) is 0 Å². The molecule has 1 aromatic heterocycles. The summed E-state index contributed by atoms with van der Waals surface area (Å²) in [6.45, 7) is 1.94. The van der Waals surface area contributed by atoms with Crippen molar-refractivity contribution in [3.8, 4) is 11.3 Å². The molecule has 2 aliphatic rings. The number of carbonyl (C=O) groups excluding carboxylic acids is 1. The Morgan fingerprint density at radius 2 is 2.04 bits per heavy atom.